The number of aromatic nitrogens is 1. The van der Waals surface area contributed by atoms with Gasteiger partial charge in [0.05, 0.1) is 12.8 Å². The Bertz CT molecular complexity index is 824. The number of carbonyl (C=O) groups is 1. The first-order valence-corrected chi connectivity index (χ1v) is 8.76. The summed E-state index contributed by atoms with van der Waals surface area (Å²) in [5.74, 6) is 0.620. The number of thiazole rings is 1. The first-order chi connectivity index (χ1) is 12.0. The maximum atomic E-state index is 12.3. The van der Waals surface area contributed by atoms with Gasteiger partial charge in [0.15, 0.2) is 5.13 Å². The summed E-state index contributed by atoms with van der Waals surface area (Å²) in [6, 6.07) is 3.97. The number of nitrogens with zero attached hydrogens (tertiary/aromatic N) is 1. The Morgan fingerprint density at radius 3 is 2.56 bits per heavy atom. The third-order valence-electron chi connectivity index (χ3n) is 3.63. The van der Waals surface area contributed by atoms with Crippen molar-refractivity contribution in [3.8, 4) is 17.0 Å². The highest BCUT2D eigenvalue weighted by Crippen LogP contribution is 2.33. The van der Waals surface area contributed by atoms with Gasteiger partial charge in [0, 0.05) is 16.5 Å². The molecule has 1 aromatic heterocycles. The number of carbonyl (C=O) groups excluding carboxylic acids is 1. The molecule has 2 rings (SSSR count). The molecule has 0 saturated carbocycles. The third-order valence-corrected chi connectivity index (χ3v) is 4.39. The molecule has 1 aromatic carbocycles. The summed E-state index contributed by atoms with van der Waals surface area (Å²) in [6.45, 7) is 9.55. The van der Waals surface area contributed by atoms with Crippen LogP contribution in [0.4, 0.5) is 5.13 Å². The number of rotatable bonds is 6. The molecule has 1 N–H and O–H groups in total. The number of ether oxygens (including phenoxy) is 1. The normalized spacial score (nSPS) is 11.6. The number of anilines is 1. The Labute approximate surface area is 152 Å². The topological polar surface area (TPSA) is 51.2 Å². The molecular formula is C20H22N2O2S. The molecule has 5 heteroatoms. The zero-order valence-corrected chi connectivity index (χ0v) is 15.7. The quantitative estimate of drug-likeness (QED) is 0.582. The van der Waals surface area contributed by atoms with Crippen LogP contribution in [0.3, 0.4) is 0 Å². The number of allylic oxidation sites excluding steroid dienone is 3. The number of hydrogen-bond acceptors (Lipinski definition) is 4. The predicted molar refractivity (Wildman–Crippen MR) is 105 cm³/mol. The van der Waals surface area contributed by atoms with Crippen LogP contribution in [-0.4, -0.2) is 18.0 Å². The van der Waals surface area contributed by atoms with E-state index >= 15 is 0 Å². The number of benzene rings is 1. The molecule has 0 bridgehead atoms. The van der Waals surface area contributed by atoms with Crippen molar-refractivity contribution < 1.29 is 9.53 Å². The van der Waals surface area contributed by atoms with Gasteiger partial charge in [-0.15, -0.1) is 11.3 Å². The molecule has 0 aliphatic carbocycles. The molecule has 1 heterocycles. The number of methoxy groups -OCH3 is 1. The van der Waals surface area contributed by atoms with E-state index in [0.29, 0.717) is 10.7 Å². The van der Waals surface area contributed by atoms with Gasteiger partial charge in [-0.25, -0.2) is 4.98 Å². The molecule has 0 unspecified atom stereocenters. The van der Waals surface area contributed by atoms with E-state index in [-0.39, 0.29) is 5.91 Å². The van der Waals surface area contributed by atoms with Crippen LogP contribution in [0.1, 0.15) is 18.1 Å². The fourth-order valence-electron chi connectivity index (χ4n) is 2.57. The van der Waals surface area contributed by atoms with Crippen LogP contribution in [0.5, 0.6) is 5.75 Å². The van der Waals surface area contributed by atoms with Crippen molar-refractivity contribution in [1.82, 2.24) is 4.98 Å². The van der Waals surface area contributed by atoms with Crippen molar-refractivity contribution in [3.63, 3.8) is 0 Å². The summed E-state index contributed by atoms with van der Waals surface area (Å²) >= 11 is 1.40. The Balaban J connectivity index is 2.28. The number of nitrogens with one attached hydrogen (secondary N) is 1. The van der Waals surface area contributed by atoms with Crippen molar-refractivity contribution in [1.29, 1.82) is 0 Å². The minimum absolute atomic E-state index is 0.206. The van der Waals surface area contributed by atoms with E-state index < -0.39 is 0 Å². The van der Waals surface area contributed by atoms with E-state index in [1.807, 2.05) is 44.4 Å². The Morgan fingerprint density at radius 2 is 2.00 bits per heavy atom. The molecule has 0 aliphatic heterocycles. The van der Waals surface area contributed by atoms with E-state index in [1.54, 1.807) is 25.3 Å². The largest absolute Gasteiger partial charge is 0.497 e. The van der Waals surface area contributed by atoms with E-state index in [2.05, 4.69) is 16.9 Å². The van der Waals surface area contributed by atoms with Crippen LogP contribution in [0.15, 0.2) is 54.0 Å². The van der Waals surface area contributed by atoms with Crippen molar-refractivity contribution in [3.05, 3.63) is 65.1 Å². The zero-order valence-electron chi connectivity index (χ0n) is 14.9. The average Bonchev–Trinajstić information content (AvgIpc) is 3.01. The molecule has 25 heavy (non-hydrogen) atoms. The molecule has 0 radical (unpaired) electrons. The molecule has 0 atom stereocenters. The Morgan fingerprint density at radius 1 is 1.32 bits per heavy atom. The lowest BCUT2D eigenvalue weighted by molar-refractivity contribution is -0.112. The minimum Gasteiger partial charge on any atom is -0.497 e. The van der Waals surface area contributed by atoms with Gasteiger partial charge in [-0.05, 0) is 44.0 Å². The summed E-state index contributed by atoms with van der Waals surface area (Å²) in [4.78, 5) is 16.9. The molecule has 0 fully saturated rings. The molecule has 2 aromatic rings. The maximum Gasteiger partial charge on any atom is 0.257 e. The van der Waals surface area contributed by atoms with Crippen LogP contribution < -0.4 is 10.1 Å². The van der Waals surface area contributed by atoms with Crippen LogP contribution in [0.2, 0.25) is 0 Å². The lowest BCUT2D eigenvalue weighted by Crippen LogP contribution is -2.13. The summed E-state index contributed by atoms with van der Waals surface area (Å²) in [6.07, 6.45) is 6.81. The van der Waals surface area contributed by atoms with E-state index in [1.165, 1.54) is 11.3 Å². The lowest BCUT2D eigenvalue weighted by Gasteiger charge is -2.10. The highest BCUT2D eigenvalue weighted by Gasteiger charge is 2.14. The Hall–Kier alpha value is -2.66. The minimum atomic E-state index is -0.206. The molecule has 1 amide bonds. The summed E-state index contributed by atoms with van der Waals surface area (Å²) in [5.41, 5.74) is 4.61. The van der Waals surface area contributed by atoms with Crippen LogP contribution >= 0.6 is 11.3 Å². The van der Waals surface area contributed by atoms with Crippen molar-refractivity contribution >= 4 is 22.4 Å². The molecule has 130 valence electrons. The van der Waals surface area contributed by atoms with Crippen molar-refractivity contribution in [2.45, 2.75) is 20.8 Å². The zero-order chi connectivity index (χ0) is 18.4. The second kappa shape index (κ2) is 8.44. The summed E-state index contributed by atoms with van der Waals surface area (Å²) in [5, 5.41) is 5.35. The van der Waals surface area contributed by atoms with Gasteiger partial charge in [0.25, 0.3) is 5.91 Å². The molecule has 0 saturated heterocycles. The molecule has 0 spiro atoms. The molecular weight excluding hydrogens is 332 g/mol. The van der Waals surface area contributed by atoms with Gasteiger partial charge in [-0.1, -0.05) is 30.9 Å². The fraction of sp³-hybridized carbons (Fsp3) is 0.200. The number of hydrogen-bond donors (Lipinski definition) is 1. The SMILES string of the molecule is C=C/C=C(\C=C/C)C(=O)Nc1nc(-c2c(C)cc(OC)cc2C)cs1. The Kier molecular flexibility index (Phi) is 6.31. The first-order valence-electron chi connectivity index (χ1n) is 7.88. The van der Waals surface area contributed by atoms with Gasteiger partial charge in [0.1, 0.15) is 5.75 Å². The highest BCUT2D eigenvalue weighted by atomic mass is 32.1. The summed E-state index contributed by atoms with van der Waals surface area (Å²) < 4.78 is 5.30. The second-order valence-electron chi connectivity index (χ2n) is 5.49. The second-order valence-corrected chi connectivity index (χ2v) is 6.34. The lowest BCUT2D eigenvalue weighted by atomic mass is 10.0. The monoisotopic (exact) mass is 354 g/mol. The van der Waals surface area contributed by atoms with Gasteiger partial charge in [-0.2, -0.15) is 0 Å². The smallest absolute Gasteiger partial charge is 0.257 e. The van der Waals surface area contributed by atoms with Gasteiger partial charge in [-0.3, -0.25) is 10.1 Å². The van der Waals surface area contributed by atoms with Crippen LogP contribution in [0, 0.1) is 13.8 Å². The maximum absolute atomic E-state index is 12.3. The van der Waals surface area contributed by atoms with E-state index in [0.717, 1.165) is 28.1 Å². The molecule has 4 nitrogen and oxygen atoms in total. The van der Waals surface area contributed by atoms with Crippen LogP contribution in [0.25, 0.3) is 11.3 Å². The standard InChI is InChI=1S/C20H22N2O2S/c1-6-8-15(9-7-2)19(23)22-20-21-17(12-25-20)18-13(3)10-16(24-5)11-14(18)4/h6-12H,1H2,2-5H3,(H,21,22,23)/b9-7-,15-8+. The summed E-state index contributed by atoms with van der Waals surface area (Å²) in [7, 11) is 1.66. The first kappa shape index (κ1) is 18.7. The van der Waals surface area contributed by atoms with Gasteiger partial charge in [0.2, 0.25) is 0 Å². The predicted octanol–water partition coefficient (Wildman–Crippen LogP) is 5.06. The number of amides is 1. The van der Waals surface area contributed by atoms with Gasteiger partial charge < -0.3 is 4.74 Å². The molecule has 0 aliphatic rings. The van der Waals surface area contributed by atoms with Crippen LogP contribution in [-0.2, 0) is 4.79 Å². The fourth-order valence-corrected chi connectivity index (χ4v) is 3.27. The van der Waals surface area contributed by atoms with E-state index in [9.17, 15) is 4.79 Å². The average molecular weight is 354 g/mol. The van der Waals surface area contributed by atoms with E-state index in [4.69, 9.17) is 4.74 Å². The van der Waals surface area contributed by atoms with Crippen molar-refractivity contribution in [2.24, 2.45) is 0 Å². The van der Waals surface area contributed by atoms with Crippen molar-refractivity contribution in [2.75, 3.05) is 12.4 Å². The van der Waals surface area contributed by atoms with Gasteiger partial charge >= 0.3 is 0 Å². The number of aryl methyl sites for hydroxylation is 2. The third kappa shape index (κ3) is 4.45. The highest BCUT2D eigenvalue weighted by molar-refractivity contribution is 7.14.